The van der Waals surface area contributed by atoms with Crippen LogP contribution >= 0.6 is 0 Å². The molecule has 0 aliphatic rings. The SMILES string of the molecule is COc1cccc(N(C)c2ccc(CC(C)N)c(C)c2)c1. The van der Waals surface area contributed by atoms with Gasteiger partial charge in [-0.1, -0.05) is 12.1 Å². The number of hydrogen-bond acceptors (Lipinski definition) is 3. The number of ether oxygens (including phenoxy) is 1. The van der Waals surface area contributed by atoms with Gasteiger partial charge in [-0.15, -0.1) is 0 Å². The number of aryl methyl sites for hydroxylation is 1. The Morgan fingerprint density at radius 1 is 1.14 bits per heavy atom. The summed E-state index contributed by atoms with van der Waals surface area (Å²) in [6.45, 7) is 4.18. The molecule has 112 valence electrons. The standard InChI is InChI=1S/C18H24N2O/c1-13-10-17(9-8-15(13)11-14(2)19)20(3)16-6-5-7-18(12-16)21-4/h5-10,12,14H,11,19H2,1-4H3. The molecule has 3 nitrogen and oxygen atoms in total. The summed E-state index contributed by atoms with van der Waals surface area (Å²) in [5.74, 6) is 0.865. The third-order valence-electron chi connectivity index (χ3n) is 3.70. The van der Waals surface area contributed by atoms with Crippen LogP contribution in [0.1, 0.15) is 18.1 Å². The summed E-state index contributed by atoms with van der Waals surface area (Å²) in [6.07, 6.45) is 0.912. The van der Waals surface area contributed by atoms with Crippen LogP contribution in [0.3, 0.4) is 0 Å². The molecular weight excluding hydrogens is 260 g/mol. The minimum atomic E-state index is 0.186. The van der Waals surface area contributed by atoms with E-state index in [0.717, 1.165) is 23.5 Å². The van der Waals surface area contributed by atoms with Crippen molar-refractivity contribution in [3.8, 4) is 5.75 Å². The van der Waals surface area contributed by atoms with E-state index in [-0.39, 0.29) is 6.04 Å². The molecule has 2 N–H and O–H groups in total. The van der Waals surface area contributed by atoms with Crippen molar-refractivity contribution in [1.82, 2.24) is 0 Å². The fraction of sp³-hybridized carbons (Fsp3) is 0.333. The summed E-state index contributed by atoms with van der Waals surface area (Å²) in [4.78, 5) is 2.16. The van der Waals surface area contributed by atoms with Gasteiger partial charge in [-0.25, -0.2) is 0 Å². The minimum Gasteiger partial charge on any atom is -0.497 e. The van der Waals surface area contributed by atoms with Crippen molar-refractivity contribution in [2.24, 2.45) is 5.73 Å². The summed E-state index contributed by atoms with van der Waals surface area (Å²) < 4.78 is 5.29. The fourth-order valence-electron chi connectivity index (χ4n) is 2.43. The molecule has 0 radical (unpaired) electrons. The summed E-state index contributed by atoms with van der Waals surface area (Å²) in [5, 5.41) is 0. The molecule has 0 fully saturated rings. The summed E-state index contributed by atoms with van der Waals surface area (Å²) in [5.41, 5.74) is 10.7. The first-order valence-electron chi connectivity index (χ1n) is 7.24. The van der Waals surface area contributed by atoms with Crippen molar-refractivity contribution in [3.05, 3.63) is 53.6 Å². The molecule has 2 aromatic rings. The molecule has 0 saturated carbocycles. The zero-order valence-corrected chi connectivity index (χ0v) is 13.3. The lowest BCUT2D eigenvalue weighted by Gasteiger charge is -2.21. The summed E-state index contributed by atoms with van der Waals surface area (Å²) in [7, 11) is 3.75. The highest BCUT2D eigenvalue weighted by Gasteiger charge is 2.08. The van der Waals surface area contributed by atoms with Gasteiger partial charge in [0.15, 0.2) is 0 Å². The molecule has 3 heteroatoms. The largest absolute Gasteiger partial charge is 0.497 e. The zero-order valence-electron chi connectivity index (χ0n) is 13.3. The van der Waals surface area contributed by atoms with Crippen molar-refractivity contribution in [2.75, 3.05) is 19.1 Å². The van der Waals surface area contributed by atoms with Crippen LogP contribution in [0.2, 0.25) is 0 Å². The van der Waals surface area contributed by atoms with Gasteiger partial charge in [0, 0.05) is 30.5 Å². The van der Waals surface area contributed by atoms with Gasteiger partial charge < -0.3 is 15.4 Å². The lowest BCUT2D eigenvalue weighted by molar-refractivity contribution is 0.415. The molecule has 0 saturated heterocycles. The van der Waals surface area contributed by atoms with Gasteiger partial charge in [0.25, 0.3) is 0 Å². The normalized spacial score (nSPS) is 12.0. The van der Waals surface area contributed by atoms with Crippen LogP contribution in [0, 0.1) is 6.92 Å². The predicted molar refractivity (Wildman–Crippen MR) is 89.6 cm³/mol. The number of nitrogens with zero attached hydrogens (tertiary/aromatic N) is 1. The van der Waals surface area contributed by atoms with Crippen molar-refractivity contribution < 1.29 is 4.74 Å². The minimum absolute atomic E-state index is 0.186. The van der Waals surface area contributed by atoms with E-state index in [9.17, 15) is 0 Å². The lowest BCUT2D eigenvalue weighted by Crippen LogP contribution is -2.18. The first-order valence-corrected chi connectivity index (χ1v) is 7.24. The molecule has 0 aromatic heterocycles. The Balaban J connectivity index is 2.26. The number of methoxy groups -OCH3 is 1. The van der Waals surface area contributed by atoms with Gasteiger partial charge >= 0.3 is 0 Å². The number of nitrogens with two attached hydrogens (primary N) is 1. The molecule has 1 unspecified atom stereocenters. The second-order valence-electron chi connectivity index (χ2n) is 5.55. The Morgan fingerprint density at radius 3 is 2.48 bits per heavy atom. The molecule has 0 spiro atoms. The maximum absolute atomic E-state index is 5.89. The third kappa shape index (κ3) is 3.76. The summed E-state index contributed by atoms with van der Waals surface area (Å²) >= 11 is 0. The van der Waals surface area contributed by atoms with Gasteiger partial charge in [-0.3, -0.25) is 0 Å². The van der Waals surface area contributed by atoms with Gasteiger partial charge in [-0.2, -0.15) is 0 Å². The molecule has 2 rings (SSSR count). The molecule has 0 bridgehead atoms. The van der Waals surface area contributed by atoms with E-state index < -0.39 is 0 Å². The van der Waals surface area contributed by atoms with Gasteiger partial charge in [-0.05, 0) is 55.7 Å². The van der Waals surface area contributed by atoms with Crippen molar-refractivity contribution in [1.29, 1.82) is 0 Å². The topological polar surface area (TPSA) is 38.5 Å². The first-order chi connectivity index (χ1) is 10.0. The number of hydrogen-bond donors (Lipinski definition) is 1. The van der Waals surface area contributed by atoms with E-state index in [0.29, 0.717) is 0 Å². The van der Waals surface area contributed by atoms with Crippen LogP contribution in [0.25, 0.3) is 0 Å². The van der Waals surface area contributed by atoms with Crippen molar-refractivity contribution in [3.63, 3.8) is 0 Å². The van der Waals surface area contributed by atoms with Crippen molar-refractivity contribution in [2.45, 2.75) is 26.3 Å². The van der Waals surface area contributed by atoms with E-state index in [4.69, 9.17) is 10.5 Å². The predicted octanol–water partition coefficient (Wildman–Crippen LogP) is 3.66. The molecule has 0 aliphatic heterocycles. The molecule has 21 heavy (non-hydrogen) atoms. The number of anilines is 2. The van der Waals surface area contributed by atoms with Gasteiger partial charge in [0.05, 0.1) is 7.11 Å². The Bertz CT molecular complexity index is 608. The van der Waals surface area contributed by atoms with E-state index >= 15 is 0 Å². The van der Waals surface area contributed by atoms with E-state index in [2.05, 4.69) is 43.1 Å². The van der Waals surface area contributed by atoms with Crippen molar-refractivity contribution >= 4 is 11.4 Å². The number of rotatable bonds is 5. The average Bonchev–Trinajstić information content (AvgIpc) is 2.48. The van der Waals surface area contributed by atoms with Crippen LogP contribution < -0.4 is 15.4 Å². The first kappa shape index (κ1) is 15.4. The maximum atomic E-state index is 5.89. The van der Waals surface area contributed by atoms with Gasteiger partial charge in [0.1, 0.15) is 5.75 Å². The van der Waals surface area contributed by atoms with E-state index in [1.165, 1.54) is 11.1 Å². The third-order valence-corrected chi connectivity index (χ3v) is 3.70. The highest BCUT2D eigenvalue weighted by atomic mass is 16.5. The Labute approximate surface area is 127 Å². The van der Waals surface area contributed by atoms with Crippen LogP contribution in [-0.4, -0.2) is 20.2 Å². The van der Waals surface area contributed by atoms with Crippen LogP contribution in [0.5, 0.6) is 5.75 Å². The summed E-state index contributed by atoms with van der Waals surface area (Å²) in [6, 6.07) is 14.8. The Hall–Kier alpha value is -2.00. The number of benzene rings is 2. The zero-order chi connectivity index (χ0) is 15.4. The average molecular weight is 284 g/mol. The van der Waals surface area contributed by atoms with Crippen LogP contribution in [-0.2, 0) is 6.42 Å². The van der Waals surface area contributed by atoms with Crippen LogP contribution in [0.4, 0.5) is 11.4 Å². The van der Waals surface area contributed by atoms with Crippen LogP contribution in [0.15, 0.2) is 42.5 Å². The maximum Gasteiger partial charge on any atom is 0.120 e. The molecule has 0 amide bonds. The molecular formula is C18H24N2O. The highest BCUT2D eigenvalue weighted by molar-refractivity contribution is 5.65. The lowest BCUT2D eigenvalue weighted by atomic mass is 10.0. The second-order valence-corrected chi connectivity index (χ2v) is 5.55. The molecule has 0 heterocycles. The molecule has 1 atom stereocenters. The smallest absolute Gasteiger partial charge is 0.120 e. The monoisotopic (exact) mass is 284 g/mol. The molecule has 0 aliphatic carbocycles. The fourth-order valence-corrected chi connectivity index (χ4v) is 2.43. The highest BCUT2D eigenvalue weighted by Crippen LogP contribution is 2.28. The van der Waals surface area contributed by atoms with E-state index in [1.807, 2.05) is 25.1 Å². The second kappa shape index (κ2) is 6.64. The Kier molecular flexibility index (Phi) is 4.86. The van der Waals surface area contributed by atoms with Gasteiger partial charge in [0.2, 0.25) is 0 Å². The quantitative estimate of drug-likeness (QED) is 0.910. The van der Waals surface area contributed by atoms with E-state index in [1.54, 1.807) is 7.11 Å². The molecule has 2 aromatic carbocycles. The Morgan fingerprint density at radius 2 is 1.86 bits per heavy atom.